The van der Waals surface area contributed by atoms with E-state index in [9.17, 15) is 9.59 Å². The van der Waals surface area contributed by atoms with Crippen LogP contribution in [0.5, 0.6) is 0 Å². The summed E-state index contributed by atoms with van der Waals surface area (Å²) in [6, 6.07) is 17.4. The van der Waals surface area contributed by atoms with Crippen molar-refractivity contribution in [3.05, 3.63) is 83.7 Å². The van der Waals surface area contributed by atoms with Gasteiger partial charge in [0.2, 0.25) is 5.91 Å². The highest BCUT2D eigenvalue weighted by Crippen LogP contribution is 2.38. The number of pyridine rings is 1. The van der Waals surface area contributed by atoms with Crippen molar-refractivity contribution in [3.63, 3.8) is 0 Å². The van der Waals surface area contributed by atoms with E-state index in [1.165, 1.54) is 6.33 Å². The second-order valence-corrected chi connectivity index (χ2v) is 9.27. The number of nitrogens with one attached hydrogen (secondary N) is 1. The Hall–Kier alpha value is -4.46. The standard InChI is InChI=1S/C27H24N6O2/c1-27(11-9-22(34)29-15-27)33-14-21(23-24(28)30-16-31-25(23)33)18-8-7-17-10-12-32(26(35)20(17)13-18)19-5-3-2-4-6-19/h2-8,10,12-14,16H,9,11,15H2,1H3,(H,29,34)(H2,28,30,31)/t27-/m0/s1. The van der Waals surface area contributed by atoms with Gasteiger partial charge >= 0.3 is 0 Å². The molecule has 1 saturated heterocycles. The molecule has 0 spiro atoms. The third-order valence-corrected chi connectivity index (χ3v) is 7.00. The number of carbonyl (C=O) groups is 1. The molecule has 0 unspecified atom stereocenters. The van der Waals surface area contributed by atoms with Crippen molar-refractivity contribution in [2.75, 3.05) is 12.3 Å². The molecule has 0 radical (unpaired) electrons. The summed E-state index contributed by atoms with van der Waals surface area (Å²) in [4.78, 5) is 34.1. The van der Waals surface area contributed by atoms with Crippen LogP contribution in [0.2, 0.25) is 0 Å². The molecule has 8 heteroatoms. The Morgan fingerprint density at radius 3 is 2.66 bits per heavy atom. The monoisotopic (exact) mass is 464 g/mol. The normalized spacial score (nSPS) is 18.1. The molecular weight excluding hydrogens is 440 g/mol. The summed E-state index contributed by atoms with van der Waals surface area (Å²) in [5, 5.41) is 5.19. The van der Waals surface area contributed by atoms with Crippen molar-refractivity contribution in [3.8, 4) is 16.8 Å². The number of fused-ring (bicyclic) bond motifs is 2. The van der Waals surface area contributed by atoms with Gasteiger partial charge in [-0.2, -0.15) is 0 Å². The molecule has 6 rings (SSSR count). The molecule has 8 nitrogen and oxygen atoms in total. The van der Waals surface area contributed by atoms with Gasteiger partial charge in [0.25, 0.3) is 5.56 Å². The number of nitrogens with zero attached hydrogens (tertiary/aromatic N) is 4. The lowest BCUT2D eigenvalue weighted by Gasteiger charge is -2.35. The fourth-order valence-corrected chi connectivity index (χ4v) is 4.97. The highest BCUT2D eigenvalue weighted by molar-refractivity contribution is 6.02. The van der Waals surface area contributed by atoms with Crippen LogP contribution in [0.1, 0.15) is 19.8 Å². The number of amides is 1. The van der Waals surface area contributed by atoms with Crippen molar-refractivity contribution >= 4 is 33.5 Å². The van der Waals surface area contributed by atoms with E-state index < -0.39 is 0 Å². The maximum absolute atomic E-state index is 13.4. The van der Waals surface area contributed by atoms with Crippen molar-refractivity contribution < 1.29 is 4.79 Å². The van der Waals surface area contributed by atoms with E-state index in [-0.39, 0.29) is 17.0 Å². The molecule has 174 valence electrons. The molecule has 1 amide bonds. The lowest BCUT2D eigenvalue weighted by atomic mass is 9.91. The summed E-state index contributed by atoms with van der Waals surface area (Å²) in [5.41, 5.74) is 9.12. The number of anilines is 1. The molecule has 1 aliphatic rings. The lowest BCUT2D eigenvalue weighted by Crippen LogP contribution is -2.47. The Kier molecular flexibility index (Phi) is 4.70. The Bertz CT molecular complexity index is 1660. The van der Waals surface area contributed by atoms with E-state index in [4.69, 9.17) is 5.73 Å². The molecular formula is C27H24N6O2. The van der Waals surface area contributed by atoms with Crippen LogP contribution in [0.4, 0.5) is 5.82 Å². The van der Waals surface area contributed by atoms with Gasteiger partial charge in [0.05, 0.1) is 10.9 Å². The average Bonchev–Trinajstić information content (AvgIpc) is 3.29. The largest absolute Gasteiger partial charge is 0.383 e. The van der Waals surface area contributed by atoms with Crippen LogP contribution in [-0.2, 0) is 10.3 Å². The zero-order valence-electron chi connectivity index (χ0n) is 19.2. The van der Waals surface area contributed by atoms with Crippen molar-refractivity contribution in [1.82, 2.24) is 24.4 Å². The van der Waals surface area contributed by atoms with E-state index in [0.717, 1.165) is 27.6 Å². The topological polar surface area (TPSA) is 108 Å². The lowest BCUT2D eigenvalue weighted by molar-refractivity contribution is -0.123. The number of nitrogens with two attached hydrogens (primary N) is 1. The van der Waals surface area contributed by atoms with Crippen LogP contribution in [-0.4, -0.2) is 31.6 Å². The summed E-state index contributed by atoms with van der Waals surface area (Å²) in [7, 11) is 0. The van der Waals surface area contributed by atoms with Gasteiger partial charge in [-0.15, -0.1) is 0 Å². The van der Waals surface area contributed by atoms with E-state index in [0.29, 0.717) is 36.2 Å². The van der Waals surface area contributed by atoms with Gasteiger partial charge in [0.1, 0.15) is 17.8 Å². The van der Waals surface area contributed by atoms with Crippen LogP contribution >= 0.6 is 0 Å². The van der Waals surface area contributed by atoms with Gasteiger partial charge in [0.15, 0.2) is 0 Å². The van der Waals surface area contributed by atoms with Gasteiger partial charge in [-0.05, 0) is 48.6 Å². The fourth-order valence-electron chi connectivity index (χ4n) is 4.97. The van der Waals surface area contributed by atoms with Crippen LogP contribution in [0, 0.1) is 0 Å². The molecule has 1 atom stereocenters. The summed E-state index contributed by atoms with van der Waals surface area (Å²) < 4.78 is 3.74. The molecule has 0 saturated carbocycles. The molecule has 35 heavy (non-hydrogen) atoms. The predicted molar refractivity (Wildman–Crippen MR) is 136 cm³/mol. The number of piperidine rings is 1. The van der Waals surface area contributed by atoms with E-state index >= 15 is 0 Å². The molecule has 4 heterocycles. The zero-order valence-corrected chi connectivity index (χ0v) is 19.2. The predicted octanol–water partition coefficient (Wildman–Crippen LogP) is 3.61. The fraction of sp³-hybridized carbons (Fsp3) is 0.185. The second-order valence-electron chi connectivity index (χ2n) is 9.27. The van der Waals surface area contributed by atoms with Crippen LogP contribution in [0.15, 0.2) is 78.1 Å². The number of para-hydroxylation sites is 1. The minimum absolute atomic E-state index is 0.0533. The zero-order chi connectivity index (χ0) is 24.2. The Balaban J connectivity index is 1.56. The molecule has 3 aromatic heterocycles. The molecule has 0 bridgehead atoms. The Labute approximate surface area is 201 Å². The molecule has 3 N–H and O–H groups in total. The highest BCUT2D eigenvalue weighted by atomic mass is 16.1. The summed E-state index contributed by atoms with van der Waals surface area (Å²) in [5.74, 6) is 0.430. The molecule has 2 aromatic carbocycles. The SMILES string of the molecule is C[C@]1(n2cc(-c3ccc4ccn(-c5ccccc5)c(=O)c4c3)c3c(N)ncnc32)CCC(=O)NC1. The highest BCUT2D eigenvalue weighted by Gasteiger charge is 2.34. The summed E-state index contributed by atoms with van der Waals surface area (Å²) in [6.45, 7) is 2.60. The van der Waals surface area contributed by atoms with Gasteiger partial charge in [0, 0.05) is 42.0 Å². The number of aromatic nitrogens is 4. The number of benzene rings is 2. The maximum Gasteiger partial charge on any atom is 0.262 e. The number of carbonyl (C=O) groups excluding carboxylic acids is 1. The van der Waals surface area contributed by atoms with E-state index in [2.05, 4.69) is 26.8 Å². The van der Waals surface area contributed by atoms with Crippen LogP contribution < -0.4 is 16.6 Å². The van der Waals surface area contributed by atoms with Gasteiger partial charge in [-0.1, -0.05) is 30.3 Å². The molecule has 0 aliphatic carbocycles. The minimum atomic E-state index is -0.359. The molecule has 1 aliphatic heterocycles. The van der Waals surface area contributed by atoms with Crippen molar-refractivity contribution in [1.29, 1.82) is 0 Å². The maximum atomic E-state index is 13.4. The first-order valence-corrected chi connectivity index (χ1v) is 11.5. The van der Waals surface area contributed by atoms with E-state index in [1.54, 1.807) is 10.8 Å². The number of hydrogen-bond donors (Lipinski definition) is 2. The Morgan fingerprint density at radius 1 is 1.06 bits per heavy atom. The van der Waals surface area contributed by atoms with Gasteiger partial charge in [-0.25, -0.2) is 9.97 Å². The van der Waals surface area contributed by atoms with Crippen molar-refractivity contribution in [2.45, 2.75) is 25.3 Å². The average molecular weight is 465 g/mol. The van der Waals surface area contributed by atoms with Crippen LogP contribution in [0.25, 0.3) is 38.6 Å². The quantitative estimate of drug-likeness (QED) is 0.424. The molecule has 5 aromatic rings. The third-order valence-electron chi connectivity index (χ3n) is 7.00. The molecule has 1 fully saturated rings. The van der Waals surface area contributed by atoms with Crippen LogP contribution in [0.3, 0.4) is 0 Å². The smallest absolute Gasteiger partial charge is 0.262 e. The second kappa shape index (κ2) is 7.80. The first kappa shape index (κ1) is 21.1. The summed E-state index contributed by atoms with van der Waals surface area (Å²) in [6.07, 6.45) is 6.41. The third kappa shape index (κ3) is 3.37. The Morgan fingerprint density at radius 2 is 1.89 bits per heavy atom. The van der Waals surface area contributed by atoms with E-state index in [1.807, 2.05) is 60.8 Å². The number of nitrogen functional groups attached to an aromatic ring is 1. The van der Waals surface area contributed by atoms with Gasteiger partial charge < -0.3 is 15.6 Å². The first-order valence-electron chi connectivity index (χ1n) is 11.5. The first-order chi connectivity index (χ1) is 16.9. The number of hydrogen-bond acceptors (Lipinski definition) is 5. The minimum Gasteiger partial charge on any atom is -0.383 e. The number of rotatable bonds is 3. The summed E-state index contributed by atoms with van der Waals surface area (Å²) >= 11 is 0. The van der Waals surface area contributed by atoms with Crippen molar-refractivity contribution in [2.24, 2.45) is 0 Å². The van der Waals surface area contributed by atoms with Gasteiger partial charge in [-0.3, -0.25) is 14.2 Å².